The van der Waals surface area contributed by atoms with E-state index >= 15 is 0 Å². The molecule has 2 rings (SSSR count). The molecule has 4 heteroatoms. The molecule has 0 aliphatic heterocycles. The van der Waals surface area contributed by atoms with Crippen molar-refractivity contribution in [3.05, 3.63) is 17.8 Å². The van der Waals surface area contributed by atoms with E-state index in [0.717, 1.165) is 18.5 Å². The fraction of sp³-hybridized carbons (Fsp3) is 0.556. The van der Waals surface area contributed by atoms with Crippen molar-refractivity contribution in [1.82, 2.24) is 9.88 Å². The molecule has 0 aromatic carbocycles. The number of oxazole rings is 1. The second-order valence-corrected chi connectivity index (χ2v) is 3.54. The van der Waals surface area contributed by atoms with Crippen LogP contribution in [-0.2, 0) is 0 Å². The molecule has 1 aromatic rings. The van der Waals surface area contributed by atoms with Crippen LogP contribution >= 0.6 is 0 Å². The smallest absolute Gasteiger partial charge is 0.291 e. The highest BCUT2D eigenvalue weighted by Crippen LogP contribution is 2.40. The molecule has 13 heavy (non-hydrogen) atoms. The Balaban J connectivity index is 2.28. The van der Waals surface area contributed by atoms with Gasteiger partial charge in [-0.05, 0) is 12.8 Å². The number of carbonyl (C=O) groups is 1. The second-order valence-electron chi connectivity index (χ2n) is 3.54. The van der Waals surface area contributed by atoms with E-state index in [1.807, 2.05) is 0 Å². The summed E-state index contributed by atoms with van der Waals surface area (Å²) in [7, 11) is 3.42. The third-order valence-corrected chi connectivity index (χ3v) is 2.16. The Morgan fingerprint density at radius 2 is 2.31 bits per heavy atom. The van der Waals surface area contributed by atoms with Crippen LogP contribution in [0, 0.1) is 0 Å². The molecule has 1 aliphatic carbocycles. The van der Waals surface area contributed by atoms with E-state index in [0.29, 0.717) is 11.7 Å². The van der Waals surface area contributed by atoms with Gasteiger partial charge in [0.25, 0.3) is 5.91 Å². The molecule has 0 N–H and O–H groups in total. The Morgan fingerprint density at radius 3 is 2.85 bits per heavy atom. The minimum atomic E-state index is -0.0978. The fourth-order valence-electron chi connectivity index (χ4n) is 1.27. The molecule has 0 atom stereocenters. The van der Waals surface area contributed by atoms with E-state index in [-0.39, 0.29) is 5.91 Å². The maximum absolute atomic E-state index is 11.6. The first-order valence-corrected chi connectivity index (χ1v) is 4.35. The summed E-state index contributed by atoms with van der Waals surface area (Å²) in [6.45, 7) is 0. The molecule has 1 amide bonds. The molecule has 70 valence electrons. The van der Waals surface area contributed by atoms with Gasteiger partial charge < -0.3 is 9.32 Å². The highest BCUT2D eigenvalue weighted by Gasteiger charge is 2.32. The zero-order chi connectivity index (χ0) is 9.42. The summed E-state index contributed by atoms with van der Waals surface area (Å²) in [4.78, 5) is 17.1. The van der Waals surface area contributed by atoms with Gasteiger partial charge in [0.2, 0.25) is 5.76 Å². The minimum absolute atomic E-state index is 0.0978. The summed E-state index contributed by atoms with van der Waals surface area (Å²) in [5.74, 6) is 0.768. The summed E-state index contributed by atoms with van der Waals surface area (Å²) in [5.41, 5.74) is 0.832. The van der Waals surface area contributed by atoms with Crippen LogP contribution in [0.15, 0.2) is 10.8 Å². The van der Waals surface area contributed by atoms with E-state index in [1.54, 1.807) is 14.1 Å². The average molecular weight is 180 g/mol. The number of rotatable bonds is 2. The molecule has 1 aromatic heterocycles. The van der Waals surface area contributed by atoms with E-state index in [1.165, 1.54) is 11.3 Å². The third kappa shape index (κ3) is 1.43. The van der Waals surface area contributed by atoms with Gasteiger partial charge in [-0.25, -0.2) is 4.98 Å². The lowest BCUT2D eigenvalue weighted by molar-refractivity contribution is 0.0795. The summed E-state index contributed by atoms with van der Waals surface area (Å²) in [6.07, 6.45) is 3.60. The fourth-order valence-corrected chi connectivity index (χ4v) is 1.27. The van der Waals surface area contributed by atoms with Gasteiger partial charge in [-0.2, -0.15) is 0 Å². The van der Waals surface area contributed by atoms with Crippen molar-refractivity contribution in [2.24, 2.45) is 0 Å². The highest BCUT2D eigenvalue weighted by molar-refractivity contribution is 5.92. The zero-order valence-electron chi connectivity index (χ0n) is 7.78. The molecule has 1 heterocycles. The number of aromatic nitrogens is 1. The van der Waals surface area contributed by atoms with Crippen molar-refractivity contribution < 1.29 is 9.21 Å². The van der Waals surface area contributed by atoms with Crippen molar-refractivity contribution in [2.45, 2.75) is 18.8 Å². The Hall–Kier alpha value is -1.32. The van der Waals surface area contributed by atoms with Crippen molar-refractivity contribution >= 4 is 5.91 Å². The number of hydrogen-bond donors (Lipinski definition) is 0. The lowest BCUT2D eigenvalue weighted by atomic mass is 10.2. The van der Waals surface area contributed by atoms with Crippen LogP contribution in [0.2, 0.25) is 0 Å². The van der Waals surface area contributed by atoms with Gasteiger partial charge in [0.15, 0.2) is 6.39 Å². The Kier molecular flexibility index (Phi) is 1.83. The van der Waals surface area contributed by atoms with Crippen LogP contribution in [0.4, 0.5) is 0 Å². The largest absolute Gasteiger partial charge is 0.438 e. The number of carbonyl (C=O) groups excluding carboxylic acids is 1. The van der Waals surface area contributed by atoms with E-state index in [4.69, 9.17) is 4.42 Å². The van der Waals surface area contributed by atoms with Crippen LogP contribution in [0.1, 0.15) is 35.0 Å². The molecule has 4 nitrogen and oxygen atoms in total. The summed E-state index contributed by atoms with van der Waals surface area (Å²) in [5, 5.41) is 0. The van der Waals surface area contributed by atoms with Gasteiger partial charge >= 0.3 is 0 Å². The average Bonchev–Trinajstić information content (AvgIpc) is 2.83. The molecular weight excluding hydrogens is 168 g/mol. The number of hydrogen-bond acceptors (Lipinski definition) is 3. The van der Waals surface area contributed by atoms with Gasteiger partial charge in [0.1, 0.15) is 0 Å². The third-order valence-electron chi connectivity index (χ3n) is 2.16. The molecule has 1 aliphatic rings. The Bertz CT molecular complexity index is 326. The topological polar surface area (TPSA) is 46.3 Å². The minimum Gasteiger partial charge on any atom is -0.438 e. The van der Waals surface area contributed by atoms with E-state index in [2.05, 4.69) is 4.98 Å². The summed E-state index contributed by atoms with van der Waals surface area (Å²) in [6, 6.07) is 0. The first-order valence-electron chi connectivity index (χ1n) is 4.35. The van der Waals surface area contributed by atoms with Gasteiger partial charge in [0.05, 0.1) is 5.69 Å². The predicted octanol–water partition coefficient (Wildman–Crippen LogP) is 1.25. The van der Waals surface area contributed by atoms with Crippen molar-refractivity contribution in [1.29, 1.82) is 0 Å². The monoisotopic (exact) mass is 180 g/mol. The van der Waals surface area contributed by atoms with Crippen molar-refractivity contribution in [2.75, 3.05) is 14.1 Å². The Labute approximate surface area is 76.6 Å². The van der Waals surface area contributed by atoms with Crippen molar-refractivity contribution in [3.8, 4) is 0 Å². The first-order chi connectivity index (χ1) is 6.20. The molecular formula is C9H12N2O2. The summed E-state index contributed by atoms with van der Waals surface area (Å²) < 4.78 is 5.09. The molecule has 0 bridgehead atoms. The van der Waals surface area contributed by atoms with Crippen LogP contribution < -0.4 is 0 Å². The molecule has 1 fully saturated rings. The molecule has 0 unspecified atom stereocenters. The first kappa shape index (κ1) is 8.29. The van der Waals surface area contributed by atoms with Gasteiger partial charge in [-0.3, -0.25) is 4.79 Å². The molecule has 0 radical (unpaired) electrons. The van der Waals surface area contributed by atoms with E-state index in [9.17, 15) is 4.79 Å². The van der Waals surface area contributed by atoms with Crippen LogP contribution in [0.5, 0.6) is 0 Å². The second kappa shape index (κ2) is 2.87. The SMILES string of the molecule is CN(C)C(=O)c1ocnc1C1CC1. The Morgan fingerprint density at radius 1 is 1.62 bits per heavy atom. The normalized spacial score (nSPS) is 15.8. The number of amides is 1. The molecule has 1 saturated carbocycles. The maximum atomic E-state index is 11.6. The molecule has 0 spiro atoms. The van der Waals surface area contributed by atoms with Gasteiger partial charge in [0, 0.05) is 20.0 Å². The quantitative estimate of drug-likeness (QED) is 0.688. The van der Waals surface area contributed by atoms with Crippen LogP contribution in [0.3, 0.4) is 0 Å². The van der Waals surface area contributed by atoms with Crippen LogP contribution in [0.25, 0.3) is 0 Å². The zero-order valence-corrected chi connectivity index (χ0v) is 7.78. The highest BCUT2D eigenvalue weighted by atomic mass is 16.3. The number of nitrogens with zero attached hydrogens (tertiary/aromatic N) is 2. The standard InChI is InChI=1S/C9H12N2O2/c1-11(2)9(12)8-7(6-3-4-6)10-5-13-8/h5-6H,3-4H2,1-2H3. The predicted molar refractivity (Wildman–Crippen MR) is 46.5 cm³/mol. The summed E-state index contributed by atoms with van der Waals surface area (Å²) >= 11 is 0. The van der Waals surface area contributed by atoms with Crippen molar-refractivity contribution in [3.63, 3.8) is 0 Å². The van der Waals surface area contributed by atoms with E-state index < -0.39 is 0 Å². The molecule has 0 saturated heterocycles. The lowest BCUT2D eigenvalue weighted by Crippen LogP contribution is -2.22. The van der Waals surface area contributed by atoms with Crippen LogP contribution in [-0.4, -0.2) is 29.9 Å². The van der Waals surface area contributed by atoms with Gasteiger partial charge in [-0.1, -0.05) is 0 Å². The maximum Gasteiger partial charge on any atom is 0.291 e. The van der Waals surface area contributed by atoms with Gasteiger partial charge in [-0.15, -0.1) is 0 Å². The lowest BCUT2D eigenvalue weighted by Gasteiger charge is -2.07.